The smallest absolute Gasteiger partial charge is 0.345 e. The van der Waals surface area contributed by atoms with Gasteiger partial charge < -0.3 is 9.40 Å². The minimum atomic E-state index is -0.333. The number of nitrogens with one attached hydrogen (secondary N) is 1. The van der Waals surface area contributed by atoms with Crippen molar-refractivity contribution in [3.8, 4) is 11.3 Å². The van der Waals surface area contributed by atoms with Crippen LogP contribution in [-0.4, -0.2) is 9.97 Å². The Labute approximate surface area is 80.6 Å². The van der Waals surface area contributed by atoms with Gasteiger partial charge in [0.25, 0.3) is 0 Å². The van der Waals surface area contributed by atoms with Crippen molar-refractivity contribution in [2.45, 2.75) is 13.8 Å². The molecule has 4 nitrogen and oxygen atoms in total. The summed E-state index contributed by atoms with van der Waals surface area (Å²) in [6.07, 6.45) is 3.23. The highest BCUT2D eigenvalue weighted by Crippen LogP contribution is 2.21. The zero-order valence-corrected chi connectivity index (χ0v) is 8.00. The van der Waals surface area contributed by atoms with Crippen molar-refractivity contribution >= 4 is 0 Å². The van der Waals surface area contributed by atoms with Crippen LogP contribution in [0.2, 0.25) is 0 Å². The molecule has 14 heavy (non-hydrogen) atoms. The summed E-state index contributed by atoms with van der Waals surface area (Å²) in [5.41, 5.74) is 2.94. The minimum absolute atomic E-state index is 0.333. The number of hydrogen-bond donors (Lipinski definition) is 1. The van der Waals surface area contributed by atoms with Crippen LogP contribution in [0, 0.1) is 13.8 Å². The Morgan fingerprint density at radius 1 is 1.36 bits per heavy atom. The molecule has 4 heteroatoms. The summed E-state index contributed by atoms with van der Waals surface area (Å²) >= 11 is 0. The summed E-state index contributed by atoms with van der Waals surface area (Å²) in [6.45, 7) is 3.74. The molecule has 0 spiro atoms. The van der Waals surface area contributed by atoms with Crippen molar-refractivity contribution < 1.29 is 4.42 Å². The van der Waals surface area contributed by atoms with E-state index in [-0.39, 0.29) is 5.69 Å². The van der Waals surface area contributed by atoms with Crippen molar-refractivity contribution in [2.75, 3.05) is 0 Å². The van der Waals surface area contributed by atoms with Crippen molar-refractivity contribution in [2.24, 2.45) is 0 Å². The fourth-order valence-corrected chi connectivity index (χ4v) is 1.34. The number of aromatic nitrogens is 2. The van der Waals surface area contributed by atoms with Crippen LogP contribution in [0.15, 0.2) is 27.8 Å². The fraction of sp³-hybridized carbons (Fsp3) is 0.200. The first-order valence-corrected chi connectivity index (χ1v) is 4.28. The van der Waals surface area contributed by atoms with E-state index in [1.54, 1.807) is 12.5 Å². The molecule has 2 rings (SSSR count). The Hall–Kier alpha value is -1.84. The summed E-state index contributed by atoms with van der Waals surface area (Å²) in [7, 11) is 0. The largest absolute Gasteiger partial charge is 0.472 e. The van der Waals surface area contributed by atoms with Crippen LogP contribution in [0.5, 0.6) is 0 Å². The van der Waals surface area contributed by atoms with E-state index < -0.39 is 0 Å². The minimum Gasteiger partial charge on any atom is -0.472 e. The Kier molecular flexibility index (Phi) is 1.96. The number of rotatable bonds is 1. The van der Waals surface area contributed by atoms with E-state index in [1.165, 1.54) is 0 Å². The fourth-order valence-electron chi connectivity index (χ4n) is 1.34. The standard InChI is InChI=1S/C10H10N2O2/c1-6-4-14-5-8(6)9-3-7(2)11-10(13)12-9/h3-5H,1-2H3,(H,11,12,13). The molecular formula is C10H10N2O2. The van der Waals surface area contributed by atoms with Gasteiger partial charge in [-0.25, -0.2) is 4.79 Å². The molecule has 0 aliphatic carbocycles. The lowest BCUT2D eigenvalue weighted by Crippen LogP contribution is -2.11. The predicted molar refractivity (Wildman–Crippen MR) is 52.0 cm³/mol. The first-order chi connectivity index (χ1) is 6.66. The average Bonchev–Trinajstić information content (AvgIpc) is 2.49. The van der Waals surface area contributed by atoms with Crippen molar-refractivity contribution in [1.29, 1.82) is 0 Å². The zero-order chi connectivity index (χ0) is 10.1. The third kappa shape index (κ3) is 1.46. The van der Waals surface area contributed by atoms with Gasteiger partial charge in [0.05, 0.1) is 18.2 Å². The number of aryl methyl sites for hydroxylation is 2. The van der Waals surface area contributed by atoms with Gasteiger partial charge in [-0.3, -0.25) is 0 Å². The molecule has 0 fully saturated rings. The van der Waals surface area contributed by atoms with E-state index in [9.17, 15) is 4.79 Å². The van der Waals surface area contributed by atoms with Gasteiger partial charge in [0, 0.05) is 11.3 Å². The molecule has 0 radical (unpaired) electrons. The van der Waals surface area contributed by atoms with Gasteiger partial charge in [0.2, 0.25) is 0 Å². The molecule has 0 bridgehead atoms. The Balaban J connectivity index is 2.63. The molecule has 0 unspecified atom stereocenters. The molecule has 0 saturated carbocycles. The number of furan rings is 1. The number of nitrogens with zero attached hydrogens (tertiary/aromatic N) is 1. The number of hydrogen-bond acceptors (Lipinski definition) is 3. The van der Waals surface area contributed by atoms with Gasteiger partial charge in [-0.05, 0) is 25.5 Å². The highest BCUT2D eigenvalue weighted by atomic mass is 16.3. The first kappa shape index (κ1) is 8.74. The van der Waals surface area contributed by atoms with Crippen molar-refractivity contribution in [3.05, 3.63) is 40.3 Å². The maximum absolute atomic E-state index is 11.1. The molecule has 2 aromatic rings. The number of H-pyrrole nitrogens is 1. The topological polar surface area (TPSA) is 58.9 Å². The summed E-state index contributed by atoms with van der Waals surface area (Å²) in [5.74, 6) is 0. The maximum Gasteiger partial charge on any atom is 0.345 e. The van der Waals surface area contributed by atoms with Gasteiger partial charge in [-0.15, -0.1) is 0 Å². The van der Waals surface area contributed by atoms with Crippen molar-refractivity contribution in [3.63, 3.8) is 0 Å². The summed E-state index contributed by atoms with van der Waals surface area (Å²) in [5, 5.41) is 0. The molecule has 2 aromatic heterocycles. The molecule has 0 amide bonds. The normalized spacial score (nSPS) is 10.4. The van der Waals surface area contributed by atoms with E-state index in [0.717, 1.165) is 16.8 Å². The molecule has 0 saturated heterocycles. The molecular weight excluding hydrogens is 180 g/mol. The second kappa shape index (κ2) is 3.14. The third-order valence-electron chi connectivity index (χ3n) is 2.01. The van der Waals surface area contributed by atoms with Crippen LogP contribution in [0.25, 0.3) is 11.3 Å². The van der Waals surface area contributed by atoms with E-state index in [1.807, 2.05) is 19.9 Å². The Bertz CT molecular complexity index is 511. The Morgan fingerprint density at radius 3 is 2.71 bits per heavy atom. The lowest BCUT2D eigenvalue weighted by Gasteiger charge is -1.98. The van der Waals surface area contributed by atoms with Crippen LogP contribution in [0.1, 0.15) is 11.3 Å². The van der Waals surface area contributed by atoms with Crippen LogP contribution < -0.4 is 5.69 Å². The van der Waals surface area contributed by atoms with E-state index >= 15 is 0 Å². The quantitative estimate of drug-likeness (QED) is 0.743. The second-order valence-corrected chi connectivity index (χ2v) is 3.22. The van der Waals surface area contributed by atoms with Gasteiger partial charge in [0.1, 0.15) is 0 Å². The monoisotopic (exact) mass is 190 g/mol. The van der Waals surface area contributed by atoms with Gasteiger partial charge in [-0.1, -0.05) is 0 Å². The third-order valence-corrected chi connectivity index (χ3v) is 2.01. The van der Waals surface area contributed by atoms with E-state index in [4.69, 9.17) is 4.42 Å². The molecule has 0 atom stereocenters. The van der Waals surface area contributed by atoms with E-state index in [2.05, 4.69) is 9.97 Å². The number of aromatic amines is 1. The molecule has 2 heterocycles. The zero-order valence-electron chi connectivity index (χ0n) is 8.00. The molecule has 0 aliphatic rings. The predicted octanol–water partition coefficient (Wildman–Crippen LogP) is 1.65. The van der Waals surface area contributed by atoms with Gasteiger partial charge >= 0.3 is 5.69 Å². The second-order valence-electron chi connectivity index (χ2n) is 3.22. The highest BCUT2D eigenvalue weighted by Gasteiger charge is 2.06. The average molecular weight is 190 g/mol. The van der Waals surface area contributed by atoms with Crippen LogP contribution in [-0.2, 0) is 0 Å². The molecule has 0 aliphatic heterocycles. The highest BCUT2D eigenvalue weighted by molar-refractivity contribution is 5.61. The molecule has 1 N–H and O–H groups in total. The van der Waals surface area contributed by atoms with E-state index in [0.29, 0.717) is 5.69 Å². The van der Waals surface area contributed by atoms with Crippen LogP contribution >= 0.6 is 0 Å². The van der Waals surface area contributed by atoms with Gasteiger partial charge in [0.15, 0.2) is 0 Å². The SMILES string of the molecule is Cc1cc(-c2cocc2C)nc(=O)[nH]1. The van der Waals surface area contributed by atoms with Crippen LogP contribution in [0.3, 0.4) is 0 Å². The summed E-state index contributed by atoms with van der Waals surface area (Å²) < 4.78 is 5.03. The van der Waals surface area contributed by atoms with Crippen LogP contribution in [0.4, 0.5) is 0 Å². The van der Waals surface area contributed by atoms with Crippen molar-refractivity contribution in [1.82, 2.24) is 9.97 Å². The Morgan fingerprint density at radius 2 is 2.14 bits per heavy atom. The lowest BCUT2D eigenvalue weighted by atomic mass is 10.1. The molecule has 0 aromatic carbocycles. The molecule has 72 valence electrons. The van der Waals surface area contributed by atoms with Gasteiger partial charge in [-0.2, -0.15) is 4.98 Å². The summed E-state index contributed by atoms with van der Waals surface area (Å²) in [6, 6.07) is 1.82. The first-order valence-electron chi connectivity index (χ1n) is 4.28. The summed E-state index contributed by atoms with van der Waals surface area (Å²) in [4.78, 5) is 17.6. The maximum atomic E-state index is 11.1. The lowest BCUT2D eigenvalue weighted by molar-refractivity contribution is 0.566.